The minimum atomic E-state index is -1.01. The molecule has 2 N–H and O–H groups in total. The van der Waals surface area contributed by atoms with Gasteiger partial charge in [-0.2, -0.15) is 0 Å². The number of carboxylic acids is 1. The quantitative estimate of drug-likeness (QED) is 0.804. The third-order valence-corrected chi connectivity index (χ3v) is 4.40. The zero-order chi connectivity index (χ0) is 14.0. The van der Waals surface area contributed by atoms with E-state index in [1.165, 1.54) is 6.07 Å². The predicted molar refractivity (Wildman–Crippen MR) is 81.1 cm³/mol. The van der Waals surface area contributed by atoms with Gasteiger partial charge in [-0.15, -0.1) is 11.3 Å². The summed E-state index contributed by atoms with van der Waals surface area (Å²) >= 11 is 7.61. The predicted octanol–water partition coefficient (Wildman–Crippen LogP) is 4.22. The molecule has 0 radical (unpaired) electrons. The summed E-state index contributed by atoms with van der Waals surface area (Å²) in [4.78, 5) is 23.0. The second-order valence-corrected chi connectivity index (χ2v) is 6.40. The third kappa shape index (κ3) is 3.43. The first-order valence-corrected chi connectivity index (χ1v) is 7.47. The molecule has 1 amide bonds. The van der Waals surface area contributed by atoms with Crippen LogP contribution in [-0.4, -0.2) is 17.0 Å². The van der Waals surface area contributed by atoms with Crippen molar-refractivity contribution in [2.75, 3.05) is 5.32 Å². The standard InChI is InChI=1S/C12H7Br2NO3S/c13-6-1-2-8(14)7(5-6)11(16)15-10-4-3-9(19-10)12(17)18/h1-5H,(H,15,16)(H,17,18). The monoisotopic (exact) mass is 403 g/mol. The van der Waals surface area contributed by atoms with E-state index in [0.29, 0.717) is 15.0 Å². The van der Waals surface area contributed by atoms with Gasteiger partial charge in [0.25, 0.3) is 5.91 Å². The molecule has 2 rings (SSSR count). The van der Waals surface area contributed by atoms with Crippen molar-refractivity contribution < 1.29 is 14.7 Å². The van der Waals surface area contributed by atoms with Gasteiger partial charge in [-0.1, -0.05) is 15.9 Å². The molecule has 0 atom stereocenters. The molecule has 0 bridgehead atoms. The number of anilines is 1. The van der Waals surface area contributed by atoms with Crippen molar-refractivity contribution in [3.05, 3.63) is 49.7 Å². The van der Waals surface area contributed by atoms with Crippen LogP contribution in [0.1, 0.15) is 20.0 Å². The summed E-state index contributed by atoms with van der Waals surface area (Å²) in [5.41, 5.74) is 0.472. The minimum absolute atomic E-state index is 0.184. The summed E-state index contributed by atoms with van der Waals surface area (Å²) in [6.45, 7) is 0. The molecule has 1 aromatic carbocycles. The average Bonchev–Trinajstić information content (AvgIpc) is 2.80. The number of carbonyl (C=O) groups is 2. The Morgan fingerprint density at radius 3 is 2.53 bits per heavy atom. The highest BCUT2D eigenvalue weighted by Crippen LogP contribution is 2.25. The molecule has 7 heteroatoms. The van der Waals surface area contributed by atoms with Gasteiger partial charge in [0.2, 0.25) is 0 Å². The van der Waals surface area contributed by atoms with Crippen LogP contribution in [-0.2, 0) is 0 Å². The molecule has 1 aromatic heterocycles. The summed E-state index contributed by atoms with van der Waals surface area (Å²) in [6.07, 6.45) is 0. The van der Waals surface area contributed by atoms with Gasteiger partial charge in [0.15, 0.2) is 0 Å². The first-order chi connectivity index (χ1) is 8.97. The Kier molecular flexibility index (Phi) is 4.38. The fourth-order valence-corrected chi connectivity index (χ4v) is 2.90. The number of carboxylic acid groups (broad SMARTS) is 1. The van der Waals surface area contributed by atoms with Crippen LogP contribution in [0, 0.1) is 0 Å². The molecule has 0 aliphatic rings. The number of thiophene rings is 1. The normalized spacial score (nSPS) is 10.2. The molecule has 2 aromatic rings. The zero-order valence-corrected chi connectivity index (χ0v) is 13.3. The van der Waals surface area contributed by atoms with Crippen molar-refractivity contribution in [3.8, 4) is 0 Å². The van der Waals surface area contributed by atoms with E-state index >= 15 is 0 Å². The van der Waals surface area contributed by atoms with Crippen molar-refractivity contribution in [2.24, 2.45) is 0 Å². The van der Waals surface area contributed by atoms with E-state index in [1.54, 1.807) is 18.2 Å². The summed E-state index contributed by atoms with van der Waals surface area (Å²) in [7, 11) is 0. The van der Waals surface area contributed by atoms with Crippen molar-refractivity contribution >= 4 is 60.1 Å². The van der Waals surface area contributed by atoms with Gasteiger partial charge in [0.1, 0.15) is 4.88 Å². The van der Waals surface area contributed by atoms with Crippen LogP contribution < -0.4 is 5.32 Å². The molecule has 0 aliphatic heterocycles. The highest BCUT2D eigenvalue weighted by atomic mass is 79.9. The summed E-state index contributed by atoms with van der Waals surface area (Å²) in [5.74, 6) is -1.30. The van der Waals surface area contributed by atoms with Crippen molar-refractivity contribution in [1.82, 2.24) is 0 Å². The Morgan fingerprint density at radius 2 is 1.89 bits per heavy atom. The number of halogens is 2. The molecule has 0 saturated carbocycles. The Labute approximate surface area is 129 Å². The van der Waals surface area contributed by atoms with E-state index in [-0.39, 0.29) is 10.8 Å². The van der Waals surface area contributed by atoms with E-state index in [4.69, 9.17) is 5.11 Å². The van der Waals surface area contributed by atoms with Crippen molar-refractivity contribution in [3.63, 3.8) is 0 Å². The fourth-order valence-electron chi connectivity index (χ4n) is 1.37. The van der Waals surface area contributed by atoms with E-state index in [1.807, 2.05) is 6.07 Å². The van der Waals surface area contributed by atoms with Crippen LogP contribution in [0.15, 0.2) is 39.3 Å². The van der Waals surface area contributed by atoms with E-state index in [2.05, 4.69) is 37.2 Å². The third-order valence-electron chi connectivity index (χ3n) is 2.23. The number of hydrogen-bond acceptors (Lipinski definition) is 3. The first kappa shape index (κ1) is 14.2. The van der Waals surface area contributed by atoms with Gasteiger partial charge in [-0.3, -0.25) is 4.79 Å². The maximum absolute atomic E-state index is 12.1. The molecule has 4 nitrogen and oxygen atoms in total. The van der Waals surface area contributed by atoms with Gasteiger partial charge >= 0.3 is 5.97 Å². The van der Waals surface area contributed by atoms with Gasteiger partial charge in [0.05, 0.1) is 10.6 Å². The maximum Gasteiger partial charge on any atom is 0.345 e. The van der Waals surface area contributed by atoms with Gasteiger partial charge < -0.3 is 10.4 Å². The first-order valence-electron chi connectivity index (χ1n) is 5.07. The molecular weight excluding hydrogens is 398 g/mol. The summed E-state index contributed by atoms with van der Waals surface area (Å²) < 4.78 is 1.46. The minimum Gasteiger partial charge on any atom is -0.477 e. The number of aromatic carboxylic acids is 1. The Balaban J connectivity index is 2.20. The van der Waals surface area contributed by atoms with Crippen LogP contribution in [0.5, 0.6) is 0 Å². The number of rotatable bonds is 3. The number of amides is 1. The number of carbonyl (C=O) groups excluding carboxylic acids is 1. The molecule has 98 valence electrons. The topological polar surface area (TPSA) is 66.4 Å². The highest BCUT2D eigenvalue weighted by molar-refractivity contribution is 9.11. The molecule has 0 saturated heterocycles. The van der Waals surface area contributed by atoms with E-state index in [0.717, 1.165) is 15.8 Å². The lowest BCUT2D eigenvalue weighted by Gasteiger charge is -2.05. The largest absolute Gasteiger partial charge is 0.477 e. The second kappa shape index (κ2) is 5.85. The lowest BCUT2D eigenvalue weighted by molar-refractivity contribution is 0.0702. The molecule has 0 aliphatic carbocycles. The van der Waals surface area contributed by atoms with Gasteiger partial charge in [0, 0.05) is 8.95 Å². The highest BCUT2D eigenvalue weighted by Gasteiger charge is 2.13. The van der Waals surface area contributed by atoms with Crippen molar-refractivity contribution in [1.29, 1.82) is 0 Å². The molecule has 0 spiro atoms. The van der Waals surface area contributed by atoms with Crippen LogP contribution in [0.4, 0.5) is 5.00 Å². The molecule has 0 unspecified atom stereocenters. The lowest BCUT2D eigenvalue weighted by Crippen LogP contribution is -2.11. The summed E-state index contributed by atoms with van der Waals surface area (Å²) in [5, 5.41) is 12.0. The second-order valence-electron chi connectivity index (χ2n) is 3.55. The van der Waals surface area contributed by atoms with Crippen LogP contribution in [0.3, 0.4) is 0 Å². The maximum atomic E-state index is 12.1. The zero-order valence-electron chi connectivity index (χ0n) is 9.31. The van der Waals surface area contributed by atoms with E-state index in [9.17, 15) is 9.59 Å². The number of hydrogen-bond donors (Lipinski definition) is 2. The van der Waals surface area contributed by atoms with Crippen molar-refractivity contribution in [2.45, 2.75) is 0 Å². The van der Waals surface area contributed by atoms with Crippen LogP contribution in [0.25, 0.3) is 0 Å². The van der Waals surface area contributed by atoms with Gasteiger partial charge in [-0.05, 0) is 46.3 Å². The van der Waals surface area contributed by atoms with E-state index < -0.39 is 5.97 Å². The smallest absolute Gasteiger partial charge is 0.345 e. The Hall–Kier alpha value is -1.18. The fraction of sp³-hybridized carbons (Fsp3) is 0. The molecule has 0 fully saturated rings. The van der Waals surface area contributed by atoms with Crippen LogP contribution >= 0.6 is 43.2 Å². The SMILES string of the molecule is O=C(O)c1ccc(NC(=O)c2cc(Br)ccc2Br)s1. The van der Waals surface area contributed by atoms with Gasteiger partial charge in [-0.25, -0.2) is 4.79 Å². The average molecular weight is 405 g/mol. The number of nitrogens with one attached hydrogen (secondary N) is 1. The number of benzene rings is 1. The van der Waals surface area contributed by atoms with Crippen LogP contribution in [0.2, 0.25) is 0 Å². The lowest BCUT2D eigenvalue weighted by atomic mass is 10.2. The molecular formula is C12H7Br2NO3S. The molecule has 1 heterocycles. The Morgan fingerprint density at radius 1 is 1.16 bits per heavy atom. The molecule has 19 heavy (non-hydrogen) atoms. The Bertz CT molecular complexity index is 654. The summed E-state index contributed by atoms with van der Waals surface area (Å²) in [6, 6.07) is 8.28.